The number of rotatable bonds is 5. The van der Waals surface area contributed by atoms with Gasteiger partial charge in [-0.05, 0) is 37.6 Å². The van der Waals surface area contributed by atoms with Crippen molar-refractivity contribution in [2.75, 3.05) is 38.0 Å². The van der Waals surface area contributed by atoms with Gasteiger partial charge in [0, 0.05) is 37.9 Å². The minimum Gasteiger partial charge on any atom is -0.325 e. The number of nitrogens with one attached hydrogen (secondary N) is 1. The van der Waals surface area contributed by atoms with Crippen molar-refractivity contribution in [1.82, 2.24) is 9.21 Å². The van der Waals surface area contributed by atoms with Crippen molar-refractivity contribution in [3.05, 3.63) is 59.2 Å². The highest BCUT2D eigenvalue weighted by molar-refractivity contribution is 7.89. The molecule has 3 rings (SSSR count). The molecular formula is C20H23F2N3O3S. The van der Waals surface area contributed by atoms with Gasteiger partial charge < -0.3 is 5.32 Å². The highest BCUT2D eigenvalue weighted by atomic mass is 32.2. The van der Waals surface area contributed by atoms with E-state index in [-0.39, 0.29) is 25.3 Å². The molecule has 1 amide bonds. The zero-order valence-electron chi connectivity index (χ0n) is 16.3. The summed E-state index contributed by atoms with van der Waals surface area (Å²) in [5, 5.41) is 2.46. The fourth-order valence-electron chi connectivity index (χ4n) is 3.39. The number of halogens is 2. The molecule has 1 heterocycles. The number of hydrogen-bond acceptors (Lipinski definition) is 4. The van der Waals surface area contributed by atoms with E-state index in [2.05, 4.69) is 5.32 Å². The molecule has 156 valence electrons. The van der Waals surface area contributed by atoms with Crippen LogP contribution in [0.3, 0.4) is 0 Å². The van der Waals surface area contributed by atoms with E-state index in [0.29, 0.717) is 23.5 Å². The summed E-state index contributed by atoms with van der Waals surface area (Å²) in [7, 11) is -3.60. The van der Waals surface area contributed by atoms with E-state index < -0.39 is 27.6 Å². The van der Waals surface area contributed by atoms with Gasteiger partial charge in [-0.3, -0.25) is 9.69 Å². The number of nitrogens with zero attached hydrogens (tertiary/aromatic N) is 2. The first kappa shape index (κ1) is 21.4. The summed E-state index contributed by atoms with van der Waals surface area (Å²) in [4.78, 5) is 14.2. The highest BCUT2D eigenvalue weighted by Gasteiger charge is 2.30. The maximum atomic E-state index is 13.2. The Bertz CT molecular complexity index is 999. The van der Waals surface area contributed by atoms with Crippen LogP contribution in [0.5, 0.6) is 0 Å². The predicted octanol–water partition coefficient (Wildman–Crippen LogP) is 2.53. The molecule has 6 nitrogen and oxygen atoms in total. The summed E-state index contributed by atoms with van der Waals surface area (Å²) in [5.74, 6) is -1.96. The fraction of sp³-hybridized carbons (Fsp3) is 0.350. The molecule has 0 aliphatic carbocycles. The Hall–Kier alpha value is -2.36. The Morgan fingerprint density at radius 3 is 2.21 bits per heavy atom. The summed E-state index contributed by atoms with van der Waals surface area (Å²) in [5.41, 5.74) is 1.74. The molecule has 0 unspecified atom stereocenters. The van der Waals surface area contributed by atoms with E-state index in [1.165, 1.54) is 4.31 Å². The first-order chi connectivity index (χ1) is 13.6. The lowest BCUT2D eigenvalue weighted by Gasteiger charge is -2.33. The number of sulfonamides is 1. The zero-order valence-corrected chi connectivity index (χ0v) is 17.1. The smallest absolute Gasteiger partial charge is 0.243 e. The fourth-order valence-corrected chi connectivity index (χ4v) is 5.01. The molecule has 29 heavy (non-hydrogen) atoms. The van der Waals surface area contributed by atoms with Crippen molar-refractivity contribution in [3.8, 4) is 0 Å². The molecule has 2 aromatic carbocycles. The number of carbonyl (C=O) groups is 1. The molecule has 0 atom stereocenters. The molecule has 0 bridgehead atoms. The molecule has 0 saturated carbocycles. The average Bonchev–Trinajstić information content (AvgIpc) is 2.60. The maximum absolute atomic E-state index is 13.2. The van der Waals surface area contributed by atoms with Gasteiger partial charge in [0.25, 0.3) is 0 Å². The lowest BCUT2D eigenvalue weighted by molar-refractivity contribution is -0.117. The van der Waals surface area contributed by atoms with Gasteiger partial charge in [0.2, 0.25) is 15.9 Å². The van der Waals surface area contributed by atoms with Gasteiger partial charge in [0.15, 0.2) is 0 Å². The van der Waals surface area contributed by atoms with E-state index in [4.69, 9.17) is 0 Å². The van der Waals surface area contributed by atoms with Crippen LogP contribution < -0.4 is 5.32 Å². The number of hydrogen-bond donors (Lipinski definition) is 1. The molecule has 1 aliphatic heterocycles. The van der Waals surface area contributed by atoms with Crippen LogP contribution in [0.1, 0.15) is 11.1 Å². The van der Waals surface area contributed by atoms with Crippen LogP contribution in [0.25, 0.3) is 0 Å². The third-order valence-corrected chi connectivity index (χ3v) is 6.85. The Morgan fingerprint density at radius 2 is 1.62 bits per heavy atom. The number of amides is 1. The van der Waals surface area contributed by atoms with Gasteiger partial charge in [0.05, 0.1) is 11.4 Å². The summed E-state index contributed by atoms with van der Waals surface area (Å²) in [6.45, 7) is 4.98. The second kappa shape index (κ2) is 8.56. The zero-order chi connectivity index (χ0) is 21.2. The summed E-state index contributed by atoms with van der Waals surface area (Å²) in [6, 6.07) is 8.03. The van der Waals surface area contributed by atoms with Crippen LogP contribution in [0.15, 0.2) is 41.3 Å². The number of anilines is 1. The topological polar surface area (TPSA) is 69.7 Å². The predicted molar refractivity (Wildman–Crippen MR) is 106 cm³/mol. The molecular weight excluding hydrogens is 400 g/mol. The van der Waals surface area contributed by atoms with Crippen LogP contribution in [0, 0.1) is 25.5 Å². The van der Waals surface area contributed by atoms with Gasteiger partial charge in [-0.1, -0.05) is 17.7 Å². The van der Waals surface area contributed by atoms with E-state index >= 15 is 0 Å². The SMILES string of the molecule is Cc1ccc(S(=O)(=O)N2CCN(CC(=O)Nc3cc(F)cc(F)c3)CC2)c(C)c1. The summed E-state index contributed by atoms with van der Waals surface area (Å²) in [6.07, 6.45) is 0. The molecule has 1 saturated heterocycles. The third-order valence-electron chi connectivity index (χ3n) is 4.79. The van der Waals surface area contributed by atoms with E-state index in [1.54, 1.807) is 24.0 Å². The molecule has 2 aromatic rings. The summed E-state index contributed by atoms with van der Waals surface area (Å²) >= 11 is 0. The van der Waals surface area contributed by atoms with Gasteiger partial charge in [0.1, 0.15) is 11.6 Å². The van der Waals surface area contributed by atoms with Crippen LogP contribution >= 0.6 is 0 Å². The van der Waals surface area contributed by atoms with Crippen LogP contribution in [-0.2, 0) is 14.8 Å². The molecule has 1 fully saturated rings. The number of carbonyl (C=O) groups excluding carboxylic acids is 1. The van der Waals surface area contributed by atoms with Crippen molar-refractivity contribution in [2.24, 2.45) is 0 Å². The van der Waals surface area contributed by atoms with Crippen molar-refractivity contribution >= 4 is 21.6 Å². The van der Waals surface area contributed by atoms with Gasteiger partial charge in [-0.25, -0.2) is 17.2 Å². The highest BCUT2D eigenvalue weighted by Crippen LogP contribution is 2.22. The normalized spacial score (nSPS) is 16.0. The molecule has 1 aliphatic rings. The number of benzene rings is 2. The van der Waals surface area contributed by atoms with Gasteiger partial charge >= 0.3 is 0 Å². The van der Waals surface area contributed by atoms with Gasteiger partial charge in [-0.2, -0.15) is 4.31 Å². The van der Waals surface area contributed by atoms with E-state index in [1.807, 2.05) is 13.0 Å². The third kappa shape index (κ3) is 5.17. The number of piperazine rings is 1. The van der Waals surface area contributed by atoms with Crippen molar-refractivity contribution < 1.29 is 22.0 Å². The minimum absolute atomic E-state index is 0.00950. The standard InChI is InChI=1S/C20H23F2N3O3S/c1-14-3-4-19(15(2)9-14)29(27,28)25-7-5-24(6-8-25)13-20(26)23-18-11-16(21)10-17(22)12-18/h3-4,9-12H,5-8,13H2,1-2H3,(H,23,26). The molecule has 1 N–H and O–H groups in total. The van der Waals surface area contributed by atoms with E-state index in [9.17, 15) is 22.0 Å². The minimum atomic E-state index is -3.60. The van der Waals surface area contributed by atoms with Gasteiger partial charge in [-0.15, -0.1) is 0 Å². The van der Waals surface area contributed by atoms with Crippen LogP contribution in [0.4, 0.5) is 14.5 Å². The monoisotopic (exact) mass is 423 g/mol. The second-order valence-corrected chi connectivity index (χ2v) is 9.06. The van der Waals surface area contributed by atoms with Crippen LogP contribution in [-0.4, -0.2) is 56.3 Å². The second-order valence-electron chi connectivity index (χ2n) is 7.16. The lowest BCUT2D eigenvalue weighted by atomic mass is 10.2. The number of aryl methyl sites for hydroxylation is 2. The molecule has 0 radical (unpaired) electrons. The first-order valence-corrected chi connectivity index (χ1v) is 10.6. The molecule has 0 aromatic heterocycles. The first-order valence-electron chi connectivity index (χ1n) is 9.21. The Kier molecular flexibility index (Phi) is 6.30. The van der Waals surface area contributed by atoms with Crippen LogP contribution in [0.2, 0.25) is 0 Å². The Morgan fingerprint density at radius 1 is 1.00 bits per heavy atom. The maximum Gasteiger partial charge on any atom is 0.243 e. The van der Waals surface area contributed by atoms with Crippen molar-refractivity contribution in [2.45, 2.75) is 18.7 Å². The largest absolute Gasteiger partial charge is 0.325 e. The summed E-state index contributed by atoms with van der Waals surface area (Å²) < 4.78 is 53.7. The lowest BCUT2D eigenvalue weighted by Crippen LogP contribution is -2.50. The van der Waals surface area contributed by atoms with Crippen molar-refractivity contribution in [3.63, 3.8) is 0 Å². The molecule has 9 heteroatoms. The molecule has 0 spiro atoms. The Labute approximate surface area is 169 Å². The van der Waals surface area contributed by atoms with Crippen molar-refractivity contribution in [1.29, 1.82) is 0 Å². The Balaban J connectivity index is 1.58. The quantitative estimate of drug-likeness (QED) is 0.803. The van der Waals surface area contributed by atoms with E-state index in [0.717, 1.165) is 23.8 Å². The average molecular weight is 423 g/mol.